The Morgan fingerprint density at radius 3 is 2.55 bits per heavy atom. The highest BCUT2D eigenvalue weighted by Crippen LogP contribution is 2.24. The van der Waals surface area contributed by atoms with Gasteiger partial charge >= 0.3 is 5.97 Å². The lowest BCUT2D eigenvalue weighted by atomic mass is 9.96. The Morgan fingerprint density at radius 2 is 1.85 bits per heavy atom. The van der Waals surface area contributed by atoms with E-state index in [-0.39, 0.29) is 12.3 Å². The van der Waals surface area contributed by atoms with Gasteiger partial charge in [-0.25, -0.2) is 0 Å². The van der Waals surface area contributed by atoms with Crippen molar-refractivity contribution in [2.75, 3.05) is 0 Å². The van der Waals surface area contributed by atoms with Crippen LogP contribution < -0.4 is 4.74 Å². The van der Waals surface area contributed by atoms with Crippen LogP contribution in [0.1, 0.15) is 41.5 Å². The molecule has 33 heavy (non-hydrogen) atoms. The van der Waals surface area contributed by atoms with Gasteiger partial charge in [0, 0.05) is 11.6 Å². The molecule has 1 N–H and O–H groups in total. The van der Waals surface area contributed by atoms with E-state index in [0.717, 1.165) is 39.9 Å². The summed E-state index contributed by atoms with van der Waals surface area (Å²) in [4.78, 5) is 11.1. The molecule has 0 bridgehead atoms. The maximum Gasteiger partial charge on any atom is 0.304 e. The molecule has 5 nitrogen and oxygen atoms in total. The molecule has 0 spiro atoms. The number of aromatic nitrogens is 2. The van der Waals surface area contributed by atoms with Gasteiger partial charge in [0.15, 0.2) is 0 Å². The van der Waals surface area contributed by atoms with Gasteiger partial charge in [-0.15, -0.1) is 5.92 Å². The van der Waals surface area contributed by atoms with Crippen molar-refractivity contribution < 1.29 is 14.6 Å². The lowest BCUT2D eigenvalue weighted by Gasteiger charge is -2.11. The van der Waals surface area contributed by atoms with Crippen molar-refractivity contribution in [2.24, 2.45) is 0 Å². The summed E-state index contributed by atoms with van der Waals surface area (Å²) in [5.41, 5.74) is 5.28. The first-order valence-electron chi connectivity index (χ1n) is 10.9. The molecule has 0 saturated heterocycles. The summed E-state index contributed by atoms with van der Waals surface area (Å²) in [7, 11) is 0. The number of carboxylic acids is 1. The highest BCUT2D eigenvalue weighted by atomic mass is 16.5. The number of rotatable bonds is 8. The van der Waals surface area contributed by atoms with E-state index in [0.29, 0.717) is 6.61 Å². The van der Waals surface area contributed by atoms with Crippen molar-refractivity contribution >= 4 is 16.9 Å². The lowest BCUT2D eigenvalue weighted by Crippen LogP contribution is -2.04. The van der Waals surface area contributed by atoms with E-state index in [2.05, 4.69) is 49.2 Å². The summed E-state index contributed by atoms with van der Waals surface area (Å²) in [5, 5.41) is 15.0. The summed E-state index contributed by atoms with van der Waals surface area (Å²) in [5.74, 6) is 5.34. The molecule has 166 valence electrons. The Balaban J connectivity index is 1.45. The zero-order valence-electron chi connectivity index (χ0n) is 18.8. The number of aryl methyl sites for hydroxylation is 1. The van der Waals surface area contributed by atoms with Gasteiger partial charge in [-0.2, -0.15) is 5.10 Å². The molecule has 0 aliphatic heterocycles. The van der Waals surface area contributed by atoms with E-state index >= 15 is 0 Å². The first-order chi connectivity index (χ1) is 16.0. The fourth-order valence-corrected chi connectivity index (χ4v) is 3.94. The summed E-state index contributed by atoms with van der Waals surface area (Å²) in [6.07, 6.45) is 2.06. The number of hydrogen-bond acceptors (Lipinski definition) is 3. The van der Waals surface area contributed by atoms with Gasteiger partial charge in [0.2, 0.25) is 0 Å². The van der Waals surface area contributed by atoms with Crippen molar-refractivity contribution in [3.05, 3.63) is 95.2 Å². The Morgan fingerprint density at radius 1 is 1.09 bits per heavy atom. The molecule has 0 aliphatic carbocycles. The molecule has 0 amide bonds. The van der Waals surface area contributed by atoms with Crippen molar-refractivity contribution in [3.8, 4) is 17.6 Å². The molecular formula is C28H26N2O3. The van der Waals surface area contributed by atoms with Crippen LogP contribution in [0.15, 0.2) is 72.9 Å². The van der Waals surface area contributed by atoms with Crippen LogP contribution in [0, 0.1) is 18.8 Å². The van der Waals surface area contributed by atoms with Crippen molar-refractivity contribution in [1.29, 1.82) is 0 Å². The molecule has 1 heterocycles. The quantitative estimate of drug-likeness (QED) is 0.366. The first-order valence-corrected chi connectivity index (χ1v) is 10.9. The van der Waals surface area contributed by atoms with Crippen LogP contribution in [0.25, 0.3) is 10.9 Å². The zero-order valence-corrected chi connectivity index (χ0v) is 18.8. The fraction of sp³-hybridized carbons (Fsp3) is 0.214. The maximum atomic E-state index is 11.1. The van der Waals surface area contributed by atoms with Crippen LogP contribution in [0.2, 0.25) is 0 Å². The molecule has 0 radical (unpaired) electrons. The van der Waals surface area contributed by atoms with Crippen LogP contribution in [0.3, 0.4) is 0 Å². The third-order valence-corrected chi connectivity index (χ3v) is 5.48. The monoisotopic (exact) mass is 438 g/mol. The normalized spacial score (nSPS) is 11.6. The summed E-state index contributed by atoms with van der Waals surface area (Å²) >= 11 is 0. The van der Waals surface area contributed by atoms with Gasteiger partial charge in [0.05, 0.1) is 24.4 Å². The molecule has 0 saturated carbocycles. The second-order valence-electron chi connectivity index (χ2n) is 8.07. The van der Waals surface area contributed by atoms with E-state index in [4.69, 9.17) is 14.9 Å². The molecule has 0 fully saturated rings. The third-order valence-electron chi connectivity index (χ3n) is 5.48. The van der Waals surface area contributed by atoms with Crippen molar-refractivity contribution in [1.82, 2.24) is 9.78 Å². The minimum atomic E-state index is -0.860. The number of carbonyl (C=O) groups is 1. The standard InChI is InChI=1S/C28H26N2O3/c1-3-7-24(16-27(31)32)23-10-12-26(13-11-23)33-19-22-14-20(2)28-25(15-22)18-30(29-28)17-21-8-5-4-6-9-21/h4-6,8-15,18,24H,16-17,19H2,1-2H3,(H,31,32). The average molecular weight is 439 g/mol. The second-order valence-corrected chi connectivity index (χ2v) is 8.07. The number of aliphatic carboxylic acids is 1. The second kappa shape index (κ2) is 10.1. The van der Waals surface area contributed by atoms with Gasteiger partial charge in [-0.3, -0.25) is 9.48 Å². The summed E-state index contributed by atoms with van der Waals surface area (Å²) < 4.78 is 7.97. The van der Waals surface area contributed by atoms with E-state index in [1.54, 1.807) is 6.92 Å². The van der Waals surface area contributed by atoms with E-state index < -0.39 is 5.97 Å². The van der Waals surface area contributed by atoms with Gasteiger partial charge < -0.3 is 9.84 Å². The summed E-state index contributed by atoms with van der Waals surface area (Å²) in [6, 6.07) is 22.0. The van der Waals surface area contributed by atoms with Gasteiger partial charge in [-0.05, 0) is 54.3 Å². The molecule has 1 atom stereocenters. The Kier molecular flexibility index (Phi) is 6.75. The number of fused-ring (bicyclic) bond motifs is 1. The van der Waals surface area contributed by atoms with E-state index in [9.17, 15) is 4.79 Å². The Labute approximate surface area is 193 Å². The van der Waals surface area contributed by atoms with E-state index in [1.165, 1.54) is 5.56 Å². The molecule has 4 rings (SSSR count). The minimum absolute atomic E-state index is 0.0156. The highest BCUT2D eigenvalue weighted by molar-refractivity contribution is 5.82. The molecule has 1 unspecified atom stereocenters. The maximum absolute atomic E-state index is 11.1. The van der Waals surface area contributed by atoms with Crippen LogP contribution >= 0.6 is 0 Å². The Bertz CT molecular complexity index is 1310. The number of benzene rings is 3. The molecule has 5 heteroatoms. The molecule has 4 aromatic rings. The van der Waals surface area contributed by atoms with Crippen LogP contribution in [0.5, 0.6) is 5.75 Å². The van der Waals surface area contributed by atoms with Crippen LogP contribution in [-0.2, 0) is 17.9 Å². The minimum Gasteiger partial charge on any atom is -0.489 e. The number of hydrogen-bond donors (Lipinski definition) is 1. The van der Waals surface area contributed by atoms with E-state index in [1.807, 2.05) is 47.1 Å². The SMILES string of the molecule is CC#CC(CC(=O)O)c1ccc(OCc2cc(C)c3nn(Cc4ccccc4)cc3c2)cc1. The molecular weight excluding hydrogens is 412 g/mol. The first kappa shape index (κ1) is 22.2. The number of carboxylic acid groups (broad SMARTS) is 1. The summed E-state index contributed by atoms with van der Waals surface area (Å²) in [6.45, 7) is 4.96. The number of nitrogens with zero attached hydrogens (tertiary/aromatic N) is 2. The van der Waals surface area contributed by atoms with Gasteiger partial charge in [0.25, 0.3) is 0 Å². The predicted octanol–water partition coefficient (Wildman–Crippen LogP) is 5.55. The Hall–Kier alpha value is -4.04. The molecule has 3 aromatic carbocycles. The van der Waals surface area contributed by atoms with Crippen LogP contribution in [-0.4, -0.2) is 20.9 Å². The van der Waals surface area contributed by atoms with Gasteiger partial charge in [-0.1, -0.05) is 54.5 Å². The van der Waals surface area contributed by atoms with Crippen LogP contribution in [0.4, 0.5) is 0 Å². The zero-order chi connectivity index (χ0) is 23.2. The number of ether oxygens (including phenoxy) is 1. The van der Waals surface area contributed by atoms with Crippen molar-refractivity contribution in [2.45, 2.75) is 39.3 Å². The lowest BCUT2D eigenvalue weighted by molar-refractivity contribution is -0.137. The molecule has 1 aromatic heterocycles. The highest BCUT2D eigenvalue weighted by Gasteiger charge is 2.13. The smallest absolute Gasteiger partial charge is 0.304 e. The fourth-order valence-electron chi connectivity index (χ4n) is 3.94. The van der Waals surface area contributed by atoms with Crippen molar-refractivity contribution in [3.63, 3.8) is 0 Å². The largest absolute Gasteiger partial charge is 0.489 e. The topological polar surface area (TPSA) is 64.3 Å². The average Bonchev–Trinajstić information content (AvgIpc) is 3.21. The predicted molar refractivity (Wildman–Crippen MR) is 129 cm³/mol. The molecule has 0 aliphatic rings. The third kappa shape index (κ3) is 5.61. The van der Waals surface area contributed by atoms with Gasteiger partial charge in [0.1, 0.15) is 12.4 Å².